The van der Waals surface area contributed by atoms with Crippen LogP contribution >= 0.6 is 27.5 Å². The van der Waals surface area contributed by atoms with Gasteiger partial charge in [0.1, 0.15) is 10.0 Å². The van der Waals surface area contributed by atoms with Crippen LogP contribution in [0.25, 0.3) is 0 Å². The molecule has 8 heteroatoms. The third-order valence-electron chi connectivity index (χ3n) is 2.70. The van der Waals surface area contributed by atoms with E-state index in [2.05, 4.69) is 25.6 Å². The number of aromatic nitrogens is 1. The predicted molar refractivity (Wildman–Crippen MR) is 79.9 cm³/mol. The van der Waals surface area contributed by atoms with Gasteiger partial charge in [0.15, 0.2) is 0 Å². The molecule has 0 aliphatic rings. The lowest BCUT2D eigenvalue weighted by molar-refractivity contribution is 0.278. The molecule has 0 aliphatic heterocycles. The second-order valence-corrected chi connectivity index (χ2v) is 7.42. The van der Waals surface area contributed by atoms with Gasteiger partial charge in [-0.1, -0.05) is 11.6 Å². The zero-order valence-electron chi connectivity index (χ0n) is 11.0. The monoisotopic (exact) mass is 369 g/mol. The van der Waals surface area contributed by atoms with Gasteiger partial charge in [-0.3, -0.25) is 0 Å². The van der Waals surface area contributed by atoms with Crippen molar-refractivity contribution in [1.82, 2.24) is 14.6 Å². The van der Waals surface area contributed by atoms with Crippen molar-refractivity contribution >= 4 is 37.6 Å². The maximum Gasteiger partial charge on any atom is 0.243 e. The van der Waals surface area contributed by atoms with Crippen molar-refractivity contribution in [3.05, 3.63) is 21.9 Å². The van der Waals surface area contributed by atoms with E-state index in [4.69, 9.17) is 11.6 Å². The molecule has 0 amide bonds. The molecule has 0 atom stereocenters. The average molecular weight is 371 g/mol. The van der Waals surface area contributed by atoms with E-state index in [-0.39, 0.29) is 10.0 Å². The summed E-state index contributed by atoms with van der Waals surface area (Å²) in [6.45, 7) is 5.03. The van der Waals surface area contributed by atoms with E-state index in [9.17, 15) is 8.42 Å². The number of hydrogen-bond acceptors (Lipinski definition) is 4. The van der Waals surface area contributed by atoms with Crippen molar-refractivity contribution in [3.8, 4) is 0 Å². The Kier molecular flexibility index (Phi) is 6.19. The van der Waals surface area contributed by atoms with Crippen LogP contribution in [0.3, 0.4) is 0 Å². The Bertz CT molecular complexity index is 537. The molecule has 1 rings (SSSR count). The largest absolute Gasteiger partial charge is 0.303 e. The number of nitrogens with one attached hydrogen (secondary N) is 1. The molecule has 1 aromatic rings. The van der Waals surface area contributed by atoms with Gasteiger partial charge in [-0.05, 0) is 42.9 Å². The first kappa shape index (κ1) is 16.8. The Labute approximate surface area is 127 Å². The number of rotatable bonds is 6. The van der Waals surface area contributed by atoms with E-state index in [1.54, 1.807) is 0 Å². The highest BCUT2D eigenvalue weighted by Gasteiger charge is 2.19. The molecule has 5 nitrogen and oxygen atoms in total. The first-order valence-electron chi connectivity index (χ1n) is 5.75. The van der Waals surface area contributed by atoms with Crippen molar-refractivity contribution < 1.29 is 8.42 Å². The second kappa shape index (κ2) is 6.99. The molecule has 0 aliphatic carbocycles. The van der Waals surface area contributed by atoms with Crippen LogP contribution in [0.2, 0.25) is 5.15 Å². The summed E-state index contributed by atoms with van der Waals surface area (Å²) in [5.74, 6) is 0. The normalized spacial score (nSPS) is 12.4. The molecule has 0 bridgehead atoms. The van der Waals surface area contributed by atoms with Gasteiger partial charge in [-0.15, -0.1) is 0 Å². The third kappa shape index (κ3) is 5.00. The highest BCUT2D eigenvalue weighted by atomic mass is 79.9. The zero-order chi connectivity index (χ0) is 14.6. The van der Waals surface area contributed by atoms with Crippen LogP contribution in [0.15, 0.2) is 21.6 Å². The van der Waals surface area contributed by atoms with Gasteiger partial charge in [0.25, 0.3) is 0 Å². The van der Waals surface area contributed by atoms with Gasteiger partial charge >= 0.3 is 0 Å². The number of likely N-dealkylation sites (N-methyl/N-ethyl adjacent to an activating group) is 1. The van der Waals surface area contributed by atoms with Crippen molar-refractivity contribution in [2.24, 2.45) is 0 Å². The number of nitrogens with zero attached hydrogens (tertiary/aromatic N) is 2. The van der Waals surface area contributed by atoms with E-state index >= 15 is 0 Å². The molecule has 0 saturated heterocycles. The summed E-state index contributed by atoms with van der Waals surface area (Å²) in [6, 6.07) is 1.80. The topological polar surface area (TPSA) is 62.3 Å². The highest BCUT2D eigenvalue weighted by Crippen LogP contribution is 2.22. The summed E-state index contributed by atoms with van der Waals surface area (Å²) in [6.07, 6.45) is 1.45. The molecule has 1 heterocycles. The molecule has 0 saturated carbocycles. The predicted octanol–water partition coefficient (Wildman–Crippen LogP) is 2.12. The van der Waals surface area contributed by atoms with Crippen LogP contribution in [-0.2, 0) is 10.0 Å². The molecule has 0 unspecified atom stereocenters. The Balaban J connectivity index is 2.74. The number of halogens is 2. The first-order chi connectivity index (χ1) is 8.74. The van der Waals surface area contributed by atoms with Gasteiger partial charge < -0.3 is 4.90 Å². The van der Waals surface area contributed by atoms with Crippen LogP contribution in [0, 0.1) is 0 Å². The number of sulfonamides is 1. The number of hydrogen-bond donors (Lipinski definition) is 1. The highest BCUT2D eigenvalue weighted by molar-refractivity contribution is 9.10. The Morgan fingerprint density at radius 2 is 2.16 bits per heavy atom. The van der Waals surface area contributed by atoms with Crippen molar-refractivity contribution in [2.45, 2.75) is 24.8 Å². The fourth-order valence-electron chi connectivity index (χ4n) is 1.28. The van der Waals surface area contributed by atoms with E-state index < -0.39 is 10.0 Å². The lowest BCUT2D eigenvalue weighted by Crippen LogP contribution is -2.36. The van der Waals surface area contributed by atoms with Crippen LogP contribution in [0.4, 0.5) is 0 Å². The molecule has 0 spiro atoms. The zero-order valence-corrected chi connectivity index (χ0v) is 14.2. The summed E-state index contributed by atoms with van der Waals surface area (Å²) in [4.78, 5) is 5.83. The van der Waals surface area contributed by atoms with Gasteiger partial charge in [0, 0.05) is 29.8 Å². The van der Waals surface area contributed by atoms with E-state index in [1.807, 2.05) is 25.8 Å². The number of pyridine rings is 1. The molecule has 1 aromatic heterocycles. The fourth-order valence-corrected chi connectivity index (χ4v) is 3.25. The lowest BCUT2D eigenvalue weighted by Gasteiger charge is -2.20. The summed E-state index contributed by atoms with van der Waals surface area (Å²) >= 11 is 8.99. The van der Waals surface area contributed by atoms with Crippen LogP contribution in [-0.4, -0.2) is 44.5 Å². The second-order valence-electron chi connectivity index (χ2n) is 4.41. The molecule has 0 aromatic carbocycles. The first-order valence-corrected chi connectivity index (χ1v) is 8.40. The molecule has 1 N–H and O–H groups in total. The molecule has 0 fully saturated rings. The van der Waals surface area contributed by atoms with Crippen molar-refractivity contribution in [1.29, 1.82) is 0 Å². The summed E-state index contributed by atoms with van der Waals surface area (Å²) in [5, 5.41) is -0.0343. The Hall–Kier alpha value is -0.210. The Morgan fingerprint density at radius 1 is 1.53 bits per heavy atom. The average Bonchev–Trinajstić information content (AvgIpc) is 2.31. The summed E-state index contributed by atoms with van der Waals surface area (Å²) in [5.41, 5.74) is 0. The molecular weight excluding hydrogens is 354 g/mol. The van der Waals surface area contributed by atoms with Crippen molar-refractivity contribution in [3.63, 3.8) is 0 Å². The smallest absolute Gasteiger partial charge is 0.243 e. The molecule has 19 heavy (non-hydrogen) atoms. The maximum absolute atomic E-state index is 12.1. The van der Waals surface area contributed by atoms with Crippen LogP contribution < -0.4 is 4.72 Å². The minimum absolute atomic E-state index is 0.0178. The summed E-state index contributed by atoms with van der Waals surface area (Å²) < 4.78 is 27.2. The van der Waals surface area contributed by atoms with E-state index in [0.717, 1.165) is 0 Å². The van der Waals surface area contributed by atoms with Crippen molar-refractivity contribution in [2.75, 3.05) is 20.1 Å². The van der Waals surface area contributed by atoms with Gasteiger partial charge in [-0.2, -0.15) is 0 Å². The summed E-state index contributed by atoms with van der Waals surface area (Å²) in [7, 11) is -1.70. The lowest BCUT2D eigenvalue weighted by atomic mass is 10.3. The SMILES string of the molecule is CC(C)N(C)CCNS(=O)(=O)c1cc(Br)cnc1Cl. The van der Waals surface area contributed by atoms with E-state index in [0.29, 0.717) is 23.6 Å². The standard InChI is InChI=1S/C11H17BrClN3O2S/c1-8(2)16(3)5-4-15-19(17,18)10-6-9(12)7-14-11(10)13/h6-8,15H,4-5H2,1-3H3. The van der Waals surface area contributed by atoms with Crippen LogP contribution in [0.1, 0.15) is 13.8 Å². The quantitative estimate of drug-likeness (QED) is 0.779. The fraction of sp³-hybridized carbons (Fsp3) is 0.545. The minimum Gasteiger partial charge on any atom is -0.303 e. The molecule has 108 valence electrons. The third-order valence-corrected chi connectivity index (χ3v) is 5.02. The maximum atomic E-state index is 12.1. The minimum atomic E-state index is -3.64. The molecular formula is C11H17BrClN3O2S. The Morgan fingerprint density at radius 3 is 2.74 bits per heavy atom. The van der Waals surface area contributed by atoms with Gasteiger partial charge in [0.2, 0.25) is 10.0 Å². The molecule has 0 radical (unpaired) electrons. The van der Waals surface area contributed by atoms with Crippen LogP contribution in [0.5, 0.6) is 0 Å². The van der Waals surface area contributed by atoms with Gasteiger partial charge in [-0.25, -0.2) is 18.1 Å². The van der Waals surface area contributed by atoms with E-state index in [1.165, 1.54) is 12.3 Å². The van der Waals surface area contributed by atoms with Gasteiger partial charge in [0.05, 0.1) is 0 Å².